The molecule has 0 aliphatic heterocycles. The molecule has 1 rings (SSSR count). The first-order valence-corrected chi connectivity index (χ1v) is 5.71. The highest BCUT2D eigenvalue weighted by Gasteiger charge is 2.10. The zero-order chi connectivity index (χ0) is 12.0. The second-order valence-corrected chi connectivity index (χ2v) is 3.90. The zero-order valence-corrected chi connectivity index (χ0v) is 10.3. The normalized spacial score (nSPS) is 12.5. The zero-order valence-electron chi connectivity index (χ0n) is 10.3. The molecule has 1 aromatic carbocycles. The third kappa shape index (κ3) is 3.22. The average molecular weight is 223 g/mol. The molecule has 0 amide bonds. The molecule has 2 N–H and O–H groups in total. The number of nitrogens with one attached hydrogen (secondary N) is 1. The van der Waals surface area contributed by atoms with E-state index in [1.807, 2.05) is 33.0 Å². The predicted octanol–water partition coefficient (Wildman–Crippen LogP) is 1.69. The minimum atomic E-state index is 0.152. The summed E-state index contributed by atoms with van der Waals surface area (Å²) in [6.45, 7) is 5.63. The number of rotatable bonds is 6. The molecule has 90 valence electrons. The van der Waals surface area contributed by atoms with Crippen LogP contribution < -0.4 is 10.1 Å². The molecule has 0 radical (unpaired) electrons. The third-order valence-corrected chi connectivity index (χ3v) is 2.64. The van der Waals surface area contributed by atoms with E-state index >= 15 is 0 Å². The molecule has 0 spiro atoms. The van der Waals surface area contributed by atoms with Gasteiger partial charge >= 0.3 is 0 Å². The summed E-state index contributed by atoms with van der Waals surface area (Å²) in [5, 5.41) is 12.4. The second-order valence-electron chi connectivity index (χ2n) is 3.90. The van der Waals surface area contributed by atoms with Crippen molar-refractivity contribution in [1.82, 2.24) is 5.32 Å². The molecule has 1 aromatic rings. The predicted molar refractivity (Wildman–Crippen MR) is 66.1 cm³/mol. The Morgan fingerprint density at radius 1 is 1.44 bits per heavy atom. The molecule has 0 saturated heterocycles. The van der Waals surface area contributed by atoms with E-state index in [1.165, 1.54) is 0 Å². The molecule has 0 aliphatic rings. The van der Waals surface area contributed by atoms with Crippen molar-refractivity contribution in [2.45, 2.75) is 19.8 Å². The Morgan fingerprint density at radius 3 is 2.69 bits per heavy atom. The number of ether oxygens (including phenoxy) is 1. The van der Waals surface area contributed by atoms with E-state index in [4.69, 9.17) is 4.74 Å². The Bertz CT molecular complexity index is 326. The molecular weight excluding hydrogens is 202 g/mol. The minimum absolute atomic E-state index is 0.152. The Labute approximate surface area is 97.4 Å². The van der Waals surface area contributed by atoms with Gasteiger partial charge in [0.15, 0.2) is 0 Å². The maximum absolute atomic E-state index is 9.30. The summed E-state index contributed by atoms with van der Waals surface area (Å²) < 4.78 is 5.49. The fraction of sp³-hybridized carbons (Fsp3) is 0.538. The summed E-state index contributed by atoms with van der Waals surface area (Å²) in [5.41, 5.74) is 2.27. The van der Waals surface area contributed by atoms with E-state index < -0.39 is 0 Å². The van der Waals surface area contributed by atoms with Gasteiger partial charge in [-0.1, -0.05) is 12.1 Å². The van der Waals surface area contributed by atoms with Gasteiger partial charge < -0.3 is 15.2 Å². The lowest BCUT2D eigenvalue weighted by Gasteiger charge is -2.16. The Morgan fingerprint density at radius 2 is 2.19 bits per heavy atom. The number of aliphatic hydroxyl groups is 1. The SMILES string of the molecule is CCOc1ccc(C(CO)CNC)cc1C. The van der Waals surface area contributed by atoms with Gasteiger partial charge in [-0.25, -0.2) is 0 Å². The van der Waals surface area contributed by atoms with Crippen LogP contribution in [-0.2, 0) is 0 Å². The molecule has 3 nitrogen and oxygen atoms in total. The molecule has 0 bridgehead atoms. The fourth-order valence-electron chi connectivity index (χ4n) is 1.78. The number of aryl methyl sites for hydroxylation is 1. The first kappa shape index (κ1) is 13.0. The Hall–Kier alpha value is -1.06. The van der Waals surface area contributed by atoms with Crippen LogP contribution in [0.1, 0.15) is 24.0 Å². The van der Waals surface area contributed by atoms with Gasteiger partial charge in [-0.15, -0.1) is 0 Å². The van der Waals surface area contributed by atoms with E-state index in [-0.39, 0.29) is 12.5 Å². The summed E-state index contributed by atoms with van der Waals surface area (Å²) in [6.07, 6.45) is 0. The molecule has 0 aromatic heterocycles. The quantitative estimate of drug-likeness (QED) is 0.771. The Balaban J connectivity index is 2.85. The first-order chi connectivity index (χ1) is 7.72. The van der Waals surface area contributed by atoms with Crippen LogP contribution in [0.2, 0.25) is 0 Å². The lowest BCUT2D eigenvalue weighted by Crippen LogP contribution is -2.20. The van der Waals surface area contributed by atoms with Gasteiger partial charge in [-0.2, -0.15) is 0 Å². The lowest BCUT2D eigenvalue weighted by molar-refractivity contribution is 0.263. The number of hydrogen-bond acceptors (Lipinski definition) is 3. The monoisotopic (exact) mass is 223 g/mol. The van der Waals surface area contributed by atoms with Gasteiger partial charge in [0.25, 0.3) is 0 Å². The standard InChI is InChI=1S/C13H21NO2/c1-4-16-13-6-5-11(7-10(13)2)12(9-15)8-14-3/h5-7,12,14-15H,4,8-9H2,1-3H3. The van der Waals surface area contributed by atoms with Crippen molar-refractivity contribution in [1.29, 1.82) is 0 Å². The van der Waals surface area contributed by atoms with Crippen molar-refractivity contribution in [2.24, 2.45) is 0 Å². The molecular formula is C13H21NO2. The maximum Gasteiger partial charge on any atom is 0.122 e. The third-order valence-electron chi connectivity index (χ3n) is 2.64. The summed E-state index contributed by atoms with van der Waals surface area (Å²) in [5.74, 6) is 1.08. The summed E-state index contributed by atoms with van der Waals surface area (Å²) >= 11 is 0. The molecule has 3 heteroatoms. The van der Waals surface area contributed by atoms with Crippen molar-refractivity contribution in [3.05, 3.63) is 29.3 Å². The van der Waals surface area contributed by atoms with E-state index in [2.05, 4.69) is 11.4 Å². The largest absolute Gasteiger partial charge is 0.494 e. The van der Waals surface area contributed by atoms with Crippen LogP contribution in [-0.4, -0.2) is 31.9 Å². The molecule has 16 heavy (non-hydrogen) atoms. The number of likely N-dealkylation sites (N-methyl/N-ethyl adjacent to an activating group) is 1. The van der Waals surface area contributed by atoms with Crippen LogP contribution in [0.3, 0.4) is 0 Å². The highest BCUT2D eigenvalue weighted by molar-refractivity contribution is 5.37. The second kappa shape index (κ2) is 6.51. The highest BCUT2D eigenvalue weighted by atomic mass is 16.5. The summed E-state index contributed by atoms with van der Waals surface area (Å²) in [4.78, 5) is 0. The van der Waals surface area contributed by atoms with Crippen molar-refractivity contribution >= 4 is 0 Å². The van der Waals surface area contributed by atoms with Crippen LogP contribution >= 0.6 is 0 Å². The smallest absolute Gasteiger partial charge is 0.122 e. The maximum atomic E-state index is 9.30. The molecule has 0 saturated carbocycles. The van der Waals surface area contributed by atoms with E-state index in [1.54, 1.807) is 0 Å². The molecule has 1 unspecified atom stereocenters. The molecule has 0 aliphatic carbocycles. The summed E-state index contributed by atoms with van der Waals surface area (Å²) in [7, 11) is 1.89. The van der Waals surface area contributed by atoms with Crippen LogP contribution in [0.5, 0.6) is 5.75 Å². The number of aliphatic hydroxyl groups excluding tert-OH is 1. The van der Waals surface area contributed by atoms with E-state index in [0.717, 1.165) is 23.4 Å². The molecule has 1 atom stereocenters. The van der Waals surface area contributed by atoms with E-state index in [9.17, 15) is 5.11 Å². The fourth-order valence-corrected chi connectivity index (χ4v) is 1.78. The topological polar surface area (TPSA) is 41.5 Å². The van der Waals surface area contributed by atoms with Crippen molar-refractivity contribution in [2.75, 3.05) is 26.8 Å². The lowest BCUT2D eigenvalue weighted by atomic mass is 9.98. The van der Waals surface area contributed by atoms with Crippen molar-refractivity contribution < 1.29 is 9.84 Å². The molecule has 0 heterocycles. The van der Waals surface area contributed by atoms with E-state index in [0.29, 0.717) is 6.61 Å². The molecule has 0 fully saturated rings. The van der Waals surface area contributed by atoms with Gasteiger partial charge in [-0.3, -0.25) is 0 Å². The van der Waals surface area contributed by atoms with Crippen LogP contribution in [0, 0.1) is 6.92 Å². The number of benzene rings is 1. The van der Waals surface area contributed by atoms with Crippen molar-refractivity contribution in [3.63, 3.8) is 0 Å². The van der Waals surface area contributed by atoms with Crippen molar-refractivity contribution in [3.8, 4) is 5.75 Å². The van der Waals surface area contributed by atoms with Gasteiger partial charge in [0.2, 0.25) is 0 Å². The Kier molecular flexibility index (Phi) is 5.29. The van der Waals surface area contributed by atoms with Crippen LogP contribution in [0.15, 0.2) is 18.2 Å². The first-order valence-electron chi connectivity index (χ1n) is 5.71. The van der Waals surface area contributed by atoms with Crippen LogP contribution in [0.25, 0.3) is 0 Å². The van der Waals surface area contributed by atoms with Gasteiger partial charge in [-0.05, 0) is 38.1 Å². The van der Waals surface area contributed by atoms with Gasteiger partial charge in [0, 0.05) is 12.5 Å². The average Bonchev–Trinajstić information content (AvgIpc) is 2.29. The van der Waals surface area contributed by atoms with Crippen LogP contribution in [0.4, 0.5) is 0 Å². The van der Waals surface area contributed by atoms with Gasteiger partial charge in [0.05, 0.1) is 13.2 Å². The summed E-state index contributed by atoms with van der Waals surface area (Å²) in [6, 6.07) is 6.09. The van der Waals surface area contributed by atoms with Gasteiger partial charge in [0.1, 0.15) is 5.75 Å². The number of hydrogen-bond donors (Lipinski definition) is 2. The highest BCUT2D eigenvalue weighted by Crippen LogP contribution is 2.23. The minimum Gasteiger partial charge on any atom is -0.494 e.